The van der Waals surface area contributed by atoms with Crippen molar-refractivity contribution in [2.45, 2.75) is 46.6 Å². The van der Waals surface area contributed by atoms with Crippen LogP contribution in [0.5, 0.6) is 0 Å². The lowest BCUT2D eigenvalue weighted by Crippen LogP contribution is -2.31. The van der Waals surface area contributed by atoms with Gasteiger partial charge in [0.15, 0.2) is 0 Å². The summed E-state index contributed by atoms with van der Waals surface area (Å²) in [6.07, 6.45) is 1.06. The summed E-state index contributed by atoms with van der Waals surface area (Å²) in [5, 5.41) is 3.15. The first-order chi connectivity index (χ1) is 6.39. The van der Waals surface area contributed by atoms with Crippen molar-refractivity contribution in [3.05, 3.63) is 0 Å². The minimum absolute atomic E-state index is 0.00611. The molecule has 0 saturated carbocycles. The number of rotatable bonds is 7. The van der Waals surface area contributed by atoms with E-state index in [-0.39, 0.29) is 5.60 Å². The molecule has 1 atom stereocenters. The average Bonchev–Trinajstić information content (AvgIpc) is 2.11. The highest BCUT2D eigenvalue weighted by Gasteiger charge is 2.19. The number of nitrogens with one attached hydrogen (secondary N) is 1. The van der Waals surface area contributed by atoms with Crippen LogP contribution in [0, 0.1) is 11.8 Å². The van der Waals surface area contributed by atoms with E-state index >= 15 is 0 Å². The van der Waals surface area contributed by atoms with E-state index in [1.807, 2.05) is 7.05 Å². The summed E-state index contributed by atoms with van der Waals surface area (Å²) in [7, 11) is 1.98. The maximum atomic E-state index is 5.91. The molecule has 1 unspecified atom stereocenters. The number of ether oxygens (including phenoxy) is 1. The molecule has 0 bridgehead atoms. The van der Waals surface area contributed by atoms with Gasteiger partial charge >= 0.3 is 0 Å². The fraction of sp³-hybridized carbons (Fsp3) is 1.00. The first kappa shape index (κ1) is 13.9. The van der Waals surface area contributed by atoms with Gasteiger partial charge in [-0.15, -0.1) is 0 Å². The van der Waals surface area contributed by atoms with Gasteiger partial charge in [0.2, 0.25) is 0 Å². The van der Waals surface area contributed by atoms with Crippen molar-refractivity contribution in [1.29, 1.82) is 0 Å². The third-order valence-electron chi connectivity index (χ3n) is 2.85. The number of hydrogen-bond donors (Lipinski definition) is 1. The number of hydrogen-bond acceptors (Lipinski definition) is 2. The summed E-state index contributed by atoms with van der Waals surface area (Å²) in [6.45, 7) is 13.0. The summed E-state index contributed by atoms with van der Waals surface area (Å²) in [5.41, 5.74) is 0.00611. The Kier molecular flexibility index (Phi) is 6.38. The molecule has 86 valence electrons. The molecule has 0 aliphatic rings. The molecule has 0 saturated heterocycles. The maximum absolute atomic E-state index is 5.91. The molecule has 0 radical (unpaired) electrons. The van der Waals surface area contributed by atoms with Gasteiger partial charge in [0.05, 0.1) is 12.2 Å². The Labute approximate surface area is 89.4 Å². The van der Waals surface area contributed by atoms with Gasteiger partial charge in [-0.05, 0) is 45.7 Å². The fourth-order valence-corrected chi connectivity index (χ4v) is 1.05. The fourth-order valence-electron chi connectivity index (χ4n) is 1.05. The minimum Gasteiger partial charge on any atom is -0.375 e. The highest BCUT2D eigenvalue weighted by atomic mass is 16.5. The maximum Gasteiger partial charge on any atom is 0.0638 e. The molecule has 0 heterocycles. The van der Waals surface area contributed by atoms with E-state index in [0.717, 1.165) is 19.6 Å². The molecular formula is C12H27NO. The standard InChI is InChI=1S/C12H27NO/c1-10(2)11(3)9-14-12(4,5)7-8-13-6/h10-11,13H,7-9H2,1-6H3. The van der Waals surface area contributed by atoms with Crippen molar-refractivity contribution in [3.63, 3.8) is 0 Å². The summed E-state index contributed by atoms with van der Waals surface area (Å²) >= 11 is 0. The molecule has 2 nitrogen and oxygen atoms in total. The zero-order valence-electron chi connectivity index (χ0n) is 10.7. The molecule has 0 fully saturated rings. The van der Waals surface area contributed by atoms with Crippen molar-refractivity contribution in [1.82, 2.24) is 5.32 Å². The third-order valence-corrected chi connectivity index (χ3v) is 2.85. The van der Waals surface area contributed by atoms with Crippen LogP contribution in [0.25, 0.3) is 0 Å². The summed E-state index contributed by atoms with van der Waals surface area (Å²) in [6, 6.07) is 0. The smallest absolute Gasteiger partial charge is 0.0638 e. The van der Waals surface area contributed by atoms with Crippen molar-refractivity contribution in [2.75, 3.05) is 20.2 Å². The van der Waals surface area contributed by atoms with Gasteiger partial charge in [-0.25, -0.2) is 0 Å². The van der Waals surface area contributed by atoms with E-state index in [9.17, 15) is 0 Å². The zero-order chi connectivity index (χ0) is 11.2. The quantitative estimate of drug-likeness (QED) is 0.684. The van der Waals surface area contributed by atoms with Crippen LogP contribution < -0.4 is 5.32 Å². The van der Waals surface area contributed by atoms with Gasteiger partial charge in [0.25, 0.3) is 0 Å². The van der Waals surface area contributed by atoms with Crippen molar-refractivity contribution < 1.29 is 4.74 Å². The second-order valence-corrected chi connectivity index (χ2v) is 5.15. The van der Waals surface area contributed by atoms with Crippen LogP contribution in [-0.2, 0) is 4.74 Å². The zero-order valence-corrected chi connectivity index (χ0v) is 10.7. The first-order valence-corrected chi connectivity index (χ1v) is 5.67. The van der Waals surface area contributed by atoms with E-state index in [1.165, 1.54) is 0 Å². The Hall–Kier alpha value is -0.0800. The van der Waals surface area contributed by atoms with Crippen LogP contribution in [0.15, 0.2) is 0 Å². The Morgan fingerprint density at radius 2 is 1.79 bits per heavy atom. The molecule has 1 N–H and O–H groups in total. The Morgan fingerprint density at radius 3 is 2.21 bits per heavy atom. The molecule has 2 heteroatoms. The van der Waals surface area contributed by atoms with E-state index in [2.05, 4.69) is 39.9 Å². The molecule has 0 spiro atoms. The highest BCUT2D eigenvalue weighted by Crippen LogP contribution is 2.18. The molecule has 0 amide bonds. The summed E-state index contributed by atoms with van der Waals surface area (Å²) in [4.78, 5) is 0. The van der Waals surface area contributed by atoms with Crippen LogP contribution in [0.3, 0.4) is 0 Å². The van der Waals surface area contributed by atoms with Gasteiger partial charge in [-0.2, -0.15) is 0 Å². The van der Waals surface area contributed by atoms with Crippen LogP contribution in [0.1, 0.15) is 41.0 Å². The lowest BCUT2D eigenvalue weighted by Gasteiger charge is -2.28. The largest absolute Gasteiger partial charge is 0.375 e. The van der Waals surface area contributed by atoms with Crippen molar-refractivity contribution >= 4 is 0 Å². The molecular weight excluding hydrogens is 174 g/mol. The molecule has 14 heavy (non-hydrogen) atoms. The van der Waals surface area contributed by atoms with Crippen LogP contribution >= 0.6 is 0 Å². The van der Waals surface area contributed by atoms with E-state index < -0.39 is 0 Å². The molecule has 0 aliphatic carbocycles. The van der Waals surface area contributed by atoms with E-state index in [0.29, 0.717) is 11.8 Å². The Morgan fingerprint density at radius 1 is 1.21 bits per heavy atom. The van der Waals surface area contributed by atoms with Crippen LogP contribution in [0.4, 0.5) is 0 Å². The molecule has 0 aromatic rings. The van der Waals surface area contributed by atoms with Crippen molar-refractivity contribution in [3.8, 4) is 0 Å². The monoisotopic (exact) mass is 201 g/mol. The van der Waals surface area contributed by atoms with Gasteiger partial charge < -0.3 is 10.1 Å². The minimum atomic E-state index is 0.00611. The Balaban J connectivity index is 3.74. The third kappa shape index (κ3) is 6.39. The van der Waals surface area contributed by atoms with Crippen LogP contribution in [0.2, 0.25) is 0 Å². The first-order valence-electron chi connectivity index (χ1n) is 5.67. The highest BCUT2D eigenvalue weighted by molar-refractivity contribution is 4.70. The summed E-state index contributed by atoms with van der Waals surface area (Å²) in [5.74, 6) is 1.35. The lowest BCUT2D eigenvalue weighted by atomic mass is 9.98. The predicted octanol–water partition coefficient (Wildman–Crippen LogP) is 2.68. The van der Waals surface area contributed by atoms with Crippen LogP contribution in [-0.4, -0.2) is 25.8 Å². The molecule has 0 aromatic carbocycles. The molecule has 0 aliphatic heterocycles. The van der Waals surface area contributed by atoms with Gasteiger partial charge in [0.1, 0.15) is 0 Å². The SMILES string of the molecule is CNCCC(C)(C)OCC(C)C(C)C. The normalized spacial score (nSPS) is 14.8. The topological polar surface area (TPSA) is 21.3 Å². The van der Waals surface area contributed by atoms with E-state index in [4.69, 9.17) is 4.74 Å². The second-order valence-electron chi connectivity index (χ2n) is 5.15. The van der Waals surface area contributed by atoms with Gasteiger partial charge in [-0.1, -0.05) is 20.8 Å². The Bertz CT molecular complexity index is 143. The lowest BCUT2D eigenvalue weighted by molar-refractivity contribution is -0.0434. The van der Waals surface area contributed by atoms with Gasteiger partial charge in [0, 0.05) is 0 Å². The molecule has 0 rings (SSSR count). The summed E-state index contributed by atoms with van der Waals surface area (Å²) < 4.78 is 5.91. The predicted molar refractivity (Wildman–Crippen MR) is 62.6 cm³/mol. The van der Waals surface area contributed by atoms with E-state index in [1.54, 1.807) is 0 Å². The van der Waals surface area contributed by atoms with Crippen molar-refractivity contribution in [2.24, 2.45) is 11.8 Å². The molecule has 0 aromatic heterocycles. The second kappa shape index (κ2) is 6.41. The van der Waals surface area contributed by atoms with Gasteiger partial charge in [-0.3, -0.25) is 0 Å². The average molecular weight is 201 g/mol.